The molecule has 0 amide bonds. The average molecular weight is 389 g/mol. The van der Waals surface area contributed by atoms with Crippen molar-refractivity contribution in [1.82, 2.24) is 0 Å². The number of carbonyl (C=O) groups is 2. The zero-order valence-corrected chi connectivity index (χ0v) is 17.2. The minimum Gasteiger partial charge on any atom is -0.481 e. The zero-order chi connectivity index (χ0) is 20.4. The number of ketones is 1. The molecular weight excluding hydrogens is 352 g/mol. The lowest BCUT2D eigenvalue weighted by Gasteiger charge is -2.20. The largest absolute Gasteiger partial charge is 0.481 e. The van der Waals surface area contributed by atoms with E-state index in [1.54, 1.807) is 0 Å². The van der Waals surface area contributed by atoms with E-state index in [1.807, 2.05) is 12.1 Å². The summed E-state index contributed by atoms with van der Waals surface area (Å²) < 4.78 is 0. The van der Waals surface area contributed by atoms with E-state index in [9.17, 15) is 14.7 Å². The van der Waals surface area contributed by atoms with Crippen molar-refractivity contribution >= 4 is 11.8 Å². The van der Waals surface area contributed by atoms with E-state index in [0.29, 0.717) is 12.2 Å². The summed E-state index contributed by atoms with van der Waals surface area (Å²) in [5.74, 6) is 0.0294. The van der Waals surface area contributed by atoms with Crippen molar-refractivity contribution in [2.45, 2.75) is 96.0 Å². The van der Waals surface area contributed by atoms with Crippen LogP contribution in [0.25, 0.3) is 0 Å². The summed E-state index contributed by atoms with van der Waals surface area (Å²) in [4.78, 5) is 22.9. The van der Waals surface area contributed by atoms with Gasteiger partial charge in [-0.05, 0) is 42.7 Å². The van der Waals surface area contributed by atoms with Gasteiger partial charge in [-0.25, -0.2) is 0 Å². The number of rotatable bonds is 13. The molecule has 0 radical (unpaired) electrons. The maximum absolute atomic E-state index is 12.4. The molecular formula is C24H36O4. The molecule has 0 unspecified atom stereocenters. The van der Waals surface area contributed by atoms with Crippen LogP contribution in [-0.4, -0.2) is 22.0 Å². The molecule has 4 heteroatoms. The molecule has 3 atom stereocenters. The first-order chi connectivity index (χ1) is 13.5. The SMILES string of the molecule is CCCCC[C@@H](O)c1ccc([C@H]2CCC(=O)[C@H]2CCCCCCC(=O)O)cc1. The van der Waals surface area contributed by atoms with Gasteiger partial charge in [0, 0.05) is 18.8 Å². The van der Waals surface area contributed by atoms with E-state index in [2.05, 4.69) is 19.1 Å². The van der Waals surface area contributed by atoms with Crippen LogP contribution in [0.15, 0.2) is 24.3 Å². The molecule has 1 aromatic carbocycles. The van der Waals surface area contributed by atoms with Crippen molar-refractivity contribution in [3.63, 3.8) is 0 Å². The van der Waals surface area contributed by atoms with Gasteiger partial charge in [-0.3, -0.25) is 9.59 Å². The van der Waals surface area contributed by atoms with Crippen LogP contribution in [0, 0.1) is 5.92 Å². The maximum Gasteiger partial charge on any atom is 0.303 e. The fourth-order valence-corrected chi connectivity index (χ4v) is 4.38. The van der Waals surface area contributed by atoms with Crippen LogP contribution < -0.4 is 0 Å². The lowest BCUT2D eigenvalue weighted by atomic mass is 9.84. The Morgan fingerprint density at radius 1 is 1.07 bits per heavy atom. The Morgan fingerprint density at radius 2 is 1.79 bits per heavy atom. The van der Waals surface area contributed by atoms with Gasteiger partial charge in [0.2, 0.25) is 0 Å². The van der Waals surface area contributed by atoms with E-state index in [-0.39, 0.29) is 18.3 Å². The van der Waals surface area contributed by atoms with E-state index in [1.165, 1.54) is 5.56 Å². The second-order valence-electron chi connectivity index (χ2n) is 8.24. The Kier molecular flexibility index (Phi) is 9.69. The number of aliphatic carboxylic acids is 1. The van der Waals surface area contributed by atoms with Crippen molar-refractivity contribution in [3.8, 4) is 0 Å². The summed E-state index contributed by atoms with van der Waals surface area (Å²) >= 11 is 0. The summed E-state index contributed by atoms with van der Waals surface area (Å²) in [7, 11) is 0. The Hall–Kier alpha value is -1.68. The molecule has 0 heterocycles. The van der Waals surface area contributed by atoms with Crippen molar-refractivity contribution < 1.29 is 19.8 Å². The lowest BCUT2D eigenvalue weighted by molar-refractivity contribution is -0.137. The molecule has 1 saturated carbocycles. The quantitative estimate of drug-likeness (QED) is 0.420. The third kappa shape index (κ3) is 7.05. The summed E-state index contributed by atoms with van der Waals surface area (Å²) in [6.07, 6.45) is 10.1. The fourth-order valence-electron chi connectivity index (χ4n) is 4.38. The van der Waals surface area contributed by atoms with Crippen LogP contribution in [-0.2, 0) is 9.59 Å². The third-order valence-corrected chi connectivity index (χ3v) is 6.09. The summed E-state index contributed by atoms with van der Waals surface area (Å²) in [5, 5.41) is 19.0. The number of unbranched alkanes of at least 4 members (excludes halogenated alkanes) is 5. The molecule has 0 saturated heterocycles. The second-order valence-corrected chi connectivity index (χ2v) is 8.24. The van der Waals surface area contributed by atoms with Gasteiger partial charge in [0.25, 0.3) is 0 Å². The highest BCUT2D eigenvalue weighted by Crippen LogP contribution is 2.40. The Balaban J connectivity index is 1.84. The molecule has 1 aliphatic carbocycles. The van der Waals surface area contributed by atoms with E-state index in [0.717, 1.165) is 69.8 Å². The highest BCUT2D eigenvalue weighted by molar-refractivity contribution is 5.84. The van der Waals surface area contributed by atoms with Gasteiger partial charge in [0.05, 0.1) is 6.10 Å². The average Bonchev–Trinajstić information content (AvgIpc) is 3.05. The van der Waals surface area contributed by atoms with Gasteiger partial charge in [-0.1, -0.05) is 69.7 Å². The molecule has 1 fully saturated rings. The minimum absolute atomic E-state index is 0.0970. The van der Waals surface area contributed by atoms with E-state index in [4.69, 9.17) is 5.11 Å². The molecule has 4 nitrogen and oxygen atoms in total. The molecule has 0 spiro atoms. The predicted molar refractivity (Wildman–Crippen MR) is 111 cm³/mol. The Bertz CT molecular complexity index is 608. The number of hydrogen-bond acceptors (Lipinski definition) is 3. The zero-order valence-electron chi connectivity index (χ0n) is 17.2. The van der Waals surface area contributed by atoms with Gasteiger partial charge in [-0.2, -0.15) is 0 Å². The smallest absolute Gasteiger partial charge is 0.303 e. The van der Waals surface area contributed by atoms with Crippen LogP contribution in [0.1, 0.15) is 107 Å². The number of carboxylic acid groups (broad SMARTS) is 1. The Morgan fingerprint density at radius 3 is 2.46 bits per heavy atom. The molecule has 0 aromatic heterocycles. The van der Waals surface area contributed by atoms with Crippen molar-refractivity contribution in [3.05, 3.63) is 35.4 Å². The van der Waals surface area contributed by atoms with E-state index >= 15 is 0 Å². The van der Waals surface area contributed by atoms with Crippen LogP contribution >= 0.6 is 0 Å². The minimum atomic E-state index is -0.732. The van der Waals surface area contributed by atoms with Crippen molar-refractivity contribution in [2.75, 3.05) is 0 Å². The van der Waals surface area contributed by atoms with Gasteiger partial charge >= 0.3 is 5.97 Å². The Labute approximate surface area is 169 Å². The number of carbonyl (C=O) groups excluding carboxylic acids is 1. The predicted octanol–water partition coefficient (Wildman–Crippen LogP) is 5.79. The summed E-state index contributed by atoms with van der Waals surface area (Å²) in [6.45, 7) is 2.16. The standard InChI is InChI=1S/C24H36O4/c1-2-3-6-10-22(25)19-14-12-18(13-15-19)20-16-17-23(26)21(20)9-7-4-5-8-11-24(27)28/h12-15,20-22,25H,2-11,16-17H2,1H3,(H,27,28)/t20-,21+,22-/m1/s1. The number of benzene rings is 1. The molecule has 1 aliphatic rings. The van der Waals surface area contributed by atoms with Gasteiger partial charge < -0.3 is 10.2 Å². The number of carboxylic acids is 1. The van der Waals surface area contributed by atoms with Gasteiger partial charge in [0.1, 0.15) is 5.78 Å². The van der Waals surface area contributed by atoms with Crippen LogP contribution in [0.3, 0.4) is 0 Å². The summed E-state index contributed by atoms with van der Waals surface area (Å²) in [6, 6.07) is 8.25. The maximum atomic E-state index is 12.4. The van der Waals surface area contributed by atoms with Crippen molar-refractivity contribution in [1.29, 1.82) is 0 Å². The molecule has 28 heavy (non-hydrogen) atoms. The molecule has 0 bridgehead atoms. The van der Waals surface area contributed by atoms with E-state index < -0.39 is 12.1 Å². The van der Waals surface area contributed by atoms with Crippen LogP contribution in [0.2, 0.25) is 0 Å². The fraction of sp³-hybridized carbons (Fsp3) is 0.667. The molecule has 2 rings (SSSR count). The first-order valence-corrected chi connectivity index (χ1v) is 11.0. The van der Waals surface area contributed by atoms with Gasteiger partial charge in [-0.15, -0.1) is 0 Å². The first-order valence-electron chi connectivity index (χ1n) is 11.0. The highest BCUT2D eigenvalue weighted by Gasteiger charge is 2.34. The number of aliphatic hydroxyl groups excluding tert-OH is 1. The molecule has 156 valence electrons. The van der Waals surface area contributed by atoms with Gasteiger partial charge in [0.15, 0.2) is 0 Å². The summed E-state index contributed by atoms with van der Waals surface area (Å²) in [5.41, 5.74) is 2.19. The lowest BCUT2D eigenvalue weighted by Crippen LogP contribution is -2.13. The molecule has 2 N–H and O–H groups in total. The second kappa shape index (κ2) is 12.0. The topological polar surface area (TPSA) is 74.6 Å². The van der Waals surface area contributed by atoms with Crippen molar-refractivity contribution in [2.24, 2.45) is 5.92 Å². The third-order valence-electron chi connectivity index (χ3n) is 6.09. The normalized spacial score (nSPS) is 20.4. The molecule has 0 aliphatic heterocycles. The van der Waals surface area contributed by atoms with Crippen LogP contribution in [0.4, 0.5) is 0 Å². The number of aliphatic hydroxyl groups is 1. The number of hydrogen-bond donors (Lipinski definition) is 2. The highest BCUT2D eigenvalue weighted by atomic mass is 16.4. The van der Waals surface area contributed by atoms with Crippen LogP contribution in [0.5, 0.6) is 0 Å². The monoisotopic (exact) mass is 388 g/mol. The molecule has 1 aromatic rings. The number of Topliss-reactive ketones (excluding diaryl/α,β-unsaturated/α-hetero) is 1. The first kappa shape index (κ1) is 22.6.